The second-order valence-electron chi connectivity index (χ2n) is 7.49. The van der Waals surface area contributed by atoms with Gasteiger partial charge in [0.2, 0.25) is 5.95 Å². The molecule has 10 heteroatoms. The molecule has 2 aromatic heterocycles. The summed E-state index contributed by atoms with van der Waals surface area (Å²) in [4.78, 5) is 8.78. The van der Waals surface area contributed by atoms with E-state index in [9.17, 15) is 4.39 Å². The van der Waals surface area contributed by atoms with E-state index in [0.717, 1.165) is 46.3 Å². The fourth-order valence-electron chi connectivity index (χ4n) is 3.65. The molecule has 3 aromatic rings. The zero-order valence-corrected chi connectivity index (χ0v) is 19.8. The van der Waals surface area contributed by atoms with Crippen LogP contribution >= 0.6 is 35.4 Å². The molecule has 1 aromatic carbocycles. The zero-order chi connectivity index (χ0) is 21.3. The standard InChI is InChI=1S/C20H23FIN7S/c1-11-7-17(15(21)9-14(11)13-3-5-29(30)6-4-13)24-20-23-10-16(22)19(26-20)25-18-8-12(2)27-28-18/h7-10,13,30H,3-6H2,1-2H3,(H3,23,24,25,26,27,28). The van der Waals surface area contributed by atoms with Crippen LogP contribution in [0, 0.1) is 23.2 Å². The minimum absolute atomic E-state index is 0.302. The maximum Gasteiger partial charge on any atom is 0.229 e. The highest BCUT2D eigenvalue weighted by atomic mass is 127. The van der Waals surface area contributed by atoms with Crippen molar-refractivity contribution in [3.8, 4) is 0 Å². The van der Waals surface area contributed by atoms with Gasteiger partial charge in [0.25, 0.3) is 0 Å². The van der Waals surface area contributed by atoms with Crippen molar-refractivity contribution in [3.05, 3.63) is 50.6 Å². The lowest BCUT2D eigenvalue weighted by atomic mass is 9.87. The summed E-state index contributed by atoms with van der Waals surface area (Å²) in [5.41, 5.74) is 3.44. The molecule has 0 radical (unpaired) electrons. The van der Waals surface area contributed by atoms with Crippen LogP contribution in [0.4, 0.5) is 27.7 Å². The van der Waals surface area contributed by atoms with E-state index in [2.05, 4.69) is 66.2 Å². The van der Waals surface area contributed by atoms with Gasteiger partial charge in [-0.3, -0.25) is 9.40 Å². The number of rotatable bonds is 5. The molecule has 30 heavy (non-hydrogen) atoms. The van der Waals surface area contributed by atoms with Crippen LogP contribution in [0.15, 0.2) is 24.4 Å². The summed E-state index contributed by atoms with van der Waals surface area (Å²) in [7, 11) is 0. The third-order valence-electron chi connectivity index (χ3n) is 5.21. The minimum atomic E-state index is -0.302. The molecule has 0 spiro atoms. The Morgan fingerprint density at radius 3 is 2.67 bits per heavy atom. The number of aryl methyl sites for hydroxylation is 2. The predicted molar refractivity (Wildman–Crippen MR) is 128 cm³/mol. The molecule has 1 aliphatic heterocycles. The fourth-order valence-corrected chi connectivity index (χ4v) is 4.27. The van der Waals surface area contributed by atoms with Crippen LogP contribution in [-0.2, 0) is 0 Å². The maximum absolute atomic E-state index is 14.9. The number of hydrogen-bond acceptors (Lipinski definition) is 7. The van der Waals surface area contributed by atoms with Crippen LogP contribution in [0.25, 0.3) is 0 Å². The van der Waals surface area contributed by atoms with Crippen molar-refractivity contribution >= 4 is 58.7 Å². The number of thiol groups is 1. The number of aromatic nitrogens is 4. The van der Waals surface area contributed by atoms with E-state index in [1.54, 1.807) is 12.3 Å². The van der Waals surface area contributed by atoms with Gasteiger partial charge >= 0.3 is 0 Å². The molecular weight excluding hydrogens is 516 g/mol. The molecule has 0 amide bonds. The Bertz CT molecular complexity index is 1050. The number of piperidine rings is 1. The monoisotopic (exact) mass is 539 g/mol. The van der Waals surface area contributed by atoms with Crippen LogP contribution in [0.5, 0.6) is 0 Å². The summed E-state index contributed by atoms with van der Waals surface area (Å²) in [5.74, 6) is 1.64. The van der Waals surface area contributed by atoms with E-state index < -0.39 is 0 Å². The molecule has 0 bridgehead atoms. The molecule has 1 aliphatic rings. The van der Waals surface area contributed by atoms with E-state index in [-0.39, 0.29) is 5.82 Å². The van der Waals surface area contributed by atoms with Crippen LogP contribution in [0.1, 0.15) is 35.6 Å². The van der Waals surface area contributed by atoms with Gasteiger partial charge in [-0.15, -0.1) is 0 Å². The van der Waals surface area contributed by atoms with Gasteiger partial charge in [-0.2, -0.15) is 10.1 Å². The number of aromatic amines is 1. The van der Waals surface area contributed by atoms with Gasteiger partial charge in [-0.25, -0.2) is 9.37 Å². The van der Waals surface area contributed by atoms with Crippen LogP contribution in [0.3, 0.4) is 0 Å². The first kappa shape index (κ1) is 21.3. The lowest BCUT2D eigenvalue weighted by molar-refractivity contribution is 0.348. The van der Waals surface area contributed by atoms with Crippen molar-refractivity contribution in [1.29, 1.82) is 0 Å². The molecule has 3 N–H and O–H groups in total. The molecule has 3 heterocycles. The van der Waals surface area contributed by atoms with E-state index in [4.69, 9.17) is 0 Å². The van der Waals surface area contributed by atoms with Crippen LogP contribution in [-0.4, -0.2) is 37.6 Å². The highest BCUT2D eigenvalue weighted by molar-refractivity contribution is 14.1. The van der Waals surface area contributed by atoms with E-state index in [1.165, 1.54) is 0 Å². The predicted octanol–water partition coefficient (Wildman–Crippen LogP) is 5.07. The highest BCUT2D eigenvalue weighted by Crippen LogP contribution is 2.34. The second kappa shape index (κ2) is 9.06. The topological polar surface area (TPSA) is 81.8 Å². The Balaban J connectivity index is 1.54. The Labute approximate surface area is 194 Å². The molecule has 0 unspecified atom stereocenters. The number of nitrogens with zero attached hydrogens (tertiary/aromatic N) is 4. The van der Waals surface area contributed by atoms with E-state index in [1.807, 2.05) is 30.3 Å². The van der Waals surface area contributed by atoms with Gasteiger partial charge in [-0.05, 0) is 78.5 Å². The van der Waals surface area contributed by atoms with Crippen molar-refractivity contribution in [2.75, 3.05) is 23.7 Å². The first-order valence-electron chi connectivity index (χ1n) is 9.71. The number of H-pyrrole nitrogens is 1. The smallest absolute Gasteiger partial charge is 0.229 e. The van der Waals surface area contributed by atoms with Gasteiger partial charge in [0.15, 0.2) is 11.6 Å². The highest BCUT2D eigenvalue weighted by Gasteiger charge is 2.22. The Morgan fingerprint density at radius 2 is 1.97 bits per heavy atom. The van der Waals surface area contributed by atoms with Crippen molar-refractivity contribution in [2.45, 2.75) is 32.6 Å². The lowest BCUT2D eigenvalue weighted by Crippen LogP contribution is -2.25. The first-order chi connectivity index (χ1) is 14.4. The normalized spacial score (nSPS) is 15.4. The maximum atomic E-state index is 14.9. The van der Waals surface area contributed by atoms with Crippen molar-refractivity contribution in [1.82, 2.24) is 24.5 Å². The van der Waals surface area contributed by atoms with Gasteiger partial charge in [0.1, 0.15) is 5.82 Å². The third-order valence-corrected chi connectivity index (χ3v) is 6.40. The van der Waals surface area contributed by atoms with Crippen LogP contribution < -0.4 is 10.6 Å². The second-order valence-corrected chi connectivity index (χ2v) is 9.22. The molecule has 158 valence electrons. The molecular formula is C20H23FIN7S. The summed E-state index contributed by atoms with van der Waals surface area (Å²) in [6.45, 7) is 5.77. The van der Waals surface area contributed by atoms with Gasteiger partial charge < -0.3 is 10.6 Å². The fraction of sp³-hybridized carbons (Fsp3) is 0.350. The zero-order valence-electron chi connectivity index (χ0n) is 16.7. The number of nitrogens with one attached hydrogen (secondary N) is 3. The van der Waals surface area contributed by atoms with Crippen LogP contribution in [0.2, 0.25) is 0 Å². The molecule has 0 aliphatic carbocycles. The third kappa shape index (κ3) is 4.86. The lowest BCUT2D eigenvalue weighted by Gasteiger charge is -2.29. The molecule has 0 saturated carbocycles. The molecule has 1 fully saturated rings. The quantitative estimate of drug-likeness (QED) is 0.268. The van der Waals surface area contributed by atoms with E-state index in [0.29, 0.717) is 29.2 Å². The summed E-state index contributed by atoms with van der Waals surface area (Å²) >= 11 is 6.55. The average molecular weight is 539 g/mol. The Morgan fingerprint density at radius 1 is 1.20 bits per heavy atom. The largest absolute Gasteiger partial charge is 0.322 e. The van der Waals surface area contributed by atoms with Crippen molar-refractivity contribution in [3.63, 3.8) is 0 Å². The number of anilines is 4. The average Bonchev–Trinajstić information content (AvgIpc) is 3.12. The SMILES string of the molecule is Cc1cc(Nc2nc(Nc3cc(C)c(C4CCN(S)CC4)cc3F)ncc2I)n[nH]1. The van der Waals surface area contributed by atoms with Crippen molar-refractivity contribution < 1.29 is 4.39 Å². The number of hydrogen-bond donors (Lipinski definition) is 4. The van der Waals surface area contributed by atoms with Gasteiger partial charge in [0.05, 0.1) is 9.26 Å². The molecule has 7 nitrogen and oxygen atoms in total. The number of halogens is 2. The van der Waals surface area contributed by atoms with Gasteiger partial charge in [-0.1, -0.05) is 12.8 Å². The summed E-state index contributed by atoms with van der Waals surface area (Å²) < 4.78 is 17.8. The molecule has 1 saturated heterocycles. The minimum Gasteiger partial charge on any atom is -0.322 e. The van der Waals surface area contributed by atoms with Gasteiger partial charge in [0, 0.05) is 31.0 Å². The number of benzene rings is 1. The summed E-state index contributed by atoms with van der Waals surface area (Å²) in [5, 5.41) is 13.2. The Hall–Kier alpha value is -1.92. The molecule has 0 atom stereocenters. The van der Waals surface area contributed by atoms with E-state index >= 15 is 0 Å². The summed E-state index contributed by atoms with van der Waals surface area (Å²) in [6, 6.07) is 5.36. The first-order valence-corrected chi connectivity index (χ1v) is 11.2. The summed E-state index contributed by atoms with van der Waals surface area (Å²) in [6.07, 6.45) is 3.65. The Kier molecular flexibility index (Phi) is 6.44. The van der Waals surface area contributed by atoms with Crippen molar-refractivity contribution in [2.24, 2.45) is 0 Å². The molecule has 4 rings (SSSR count).